The summed E-state index contributed by atoms with van der Waals surface area (Å²) in [7, 11) is 0. The number of likely N-dealkylation sites (tertiary alicyclic amines) is 1. The first-order valence-corrected chi connectivity index (χ1v) is 14.3. The molecule has 0 aliphatic carbocycles. The molecule has 39 heavy (non-hydrogen) atoms. The Hall–Kier alpha value is -3.55. The Morgan fingerprint density at radius 2 is 1.79 bits per heavy atom. The largest absolute Gasteiger partial charge is 0.342 e. The Balaban J connectivity index is 1.20. The zero-order chi connectivity index (χ0) is 27.4. The summed E-state index contributed by atoms with van der Waals surface area (Å²) in [5, 5.41) is 6.13. The van der Waals surface area contributed by atoms with E-state index in [1.54, 1.807) is 35.7 Å². The third-order valence-electron chi connectivity index (χ3n) is 7.10. The molecule has 5 nitrogen and oxygen atoms in total. The zero-order valence-electron chi connectivity index (χ0n) is 21.6. The Labute approximate surface area is 236 Å². The van der Waals surface area contributed by atoms with Gasteiger partial charge in [-0.3, -0.25) is 9.59 Å². The first-order valence-electron chi connectivity index (χ1n) is 13.0. The van der Waals surface area contributed by atoms with Gasteiger partial charge >= 0.3 is 0 Å². The van der Waals surface area contributed by atoms with Crippen LogP contribution >= 0.6 is 22.9 Å². The number of nitrogens with zero attached hydrogens (tertiary/aromatic N) is 2. The molecule has 2 amide bonds. The maximum Gasteiger partial charge on any atom is 0.275 e. The number of amides is 2. The van der Waals surface area contributed by atoms with Crippen molar-refractivity contribution >= 4 is 40.4 Å². The minimum Gasteiger partial charge on any atom is -0.342 e. The van der Waals surface area contributed by atoms with Gasteiger partial charge in [-0.05, 0) is 60.7 Å². The predicted octanol–water partition coefficient (Wildman–Crippen LogP) is 7.44. The van der Waals surface area contributed by atoms with Gasteiger partial charge in [0.2, 0.25) is 5.91 Å². The van der Waals surface area contributed by atoms with Crippen molar-refractivity contribution < 1.29 is 14.0 Å². The molecule has 5 rings (SSSR count). The van der Waals surface area contributed by atoms with E-state index in [4.69, 9.17) is 11.6 Å². The van der Waals surface area contributed by atoms with Crippen molar-refractivity contribution in [3.8, 4) is 11.1 Å². The second kappa shape index (κ2) is 12.1. The normalized spacial score (nSPS) is 14.7. The first kappa shape index (κ1) is 27.0. The molecular weight excluding hydrogens is 533 g/mol. The lowest BCUT2D eigenvalue weighted by Crippen LogP contribution is -2.41. The van der Waals surface area contributed by atoms with Gasteiger partial charge in [0.1, 0.15) is 11.5 Å². The van der Waals surface area contributed by atoms with Gasteiger partial charge in [-0.1, -0.05) is 61.0 Å². The summed E-state index contributed by atoms with van der Waals surface area (Å²) in [6, 6.07) is 21.4. The fraction of sp³-hybridized carbons (Fsp3) is 0.258. The fourth-order valence-corrected chi connectivity index (χ4v) is 6.07. The van der Waals surface area contributed by atoms with E-state index in [-0.39, 0.29) is 23.7 Å². The van der Waals surface area contributed by atoms with Gasteiger partial charge in [-0.25, -0.2) is 9.37 Å². The molecule has 1 N–H and O–H groups in total. The number of carbonyl (C=O) groups is 2. The van der Waals surface area contributed by atoms with E-state index in [9.17, 15) is 14.0 Å². The summed E-state index contributed by atoms with van der Waals surface area (Å²) in [6.45, 7) is 3.36. The van der Waals surface area contributed by atoms with Gasteiger partial charge in [-0.15, -0.1) is 11.3 Å². The molecule has 200 valence electrons. The van der Waals surface area contributed by atoms with Crippen molar-refractivity contribution in [2.45, 2.75) is 32.1 Å². The van der Waals surface area contributed by atoms with Crippen LogP contribution in [0.1, 0.15) is 46.7 Å². The number of halogens is 2. The standard InChI is InChI=1S/C31H29ClFN3O2S/c1-20(17-21-5-3-2-4-6-21)31(38)36-15-13-23(14-16-36)30-35-28(19-39-30)29(37)34-27-12-11-25(33)18-26(27)22-7-9-24(32)10-8-22/h2-12,18-20,23H,13-17H2,1H3,(H,34,37). The molecule has 8 heteroatoms. The molecule has 3 aromatic carbocycles. The molecule has 2 heterocycles. The minimum atomic E-state index is -0.395. The van der Waals surface area contributed by atoms with Gasteiger partial charge in [0.15, 0.2) is 0 Å². The van der Waals surface area contributed by atoms with E-state index < -0.39 is 5.82 Å². The van der Waals surface area contributed by atoms with Crippen molar-refractivity contribution in [2.75, 3.05) is 18.4 Å². The quantitative estimate of drug-likeness (QED) is 0.255. The van der Waals surface area contributed by atoms with E-state index in [1.165, 1.54) is 29.0 Å². The van der Waals surface area contributed by atoms with Crippen molar-refractivity contribution in [1.82, 2.24) is 9.88 Å². The number of hydrogen-bond donors (Lipinski definition) is 1. The lowest BCUT2D eigenvalue weighted by Gasteiger charge is -2.33. The summed E-state index contributed by atoms with van der Waals surface area (Å²) >= 11 is 7.46. The maximum absolute atomic E-state index is 14.0. The summed E-state index contributed by atoms with van der Waals surface area (Å²) in [4.78, 5) is 32.7. The predicted molar refractivity (Wildman–Crippen MR) is 155 cm³/mol. The summed E-state index contributed by atoms with van der Waals surface area (Å²) in [6.07, 6.45) is 2.37. The average Bonchev–Trinajstić information content (AvgIpc) is 3.45. The number of rotatable bonds is 7. The smallest absolute Gasteiger partial charge is 0.275 e. The van der Waals surface area contributed by atoms with Crippen molar-refractivity contribution in [1.29, 1.82) is 0 Å². The highest BCUT2D eigenvalue weighted by Gasteiger charge is 2.28. The molecule has 1 aliphatic rings. The number of hydrogen-bond acceptors (Lipinski definition) is 4. The molecular formula is C31H29ClFN3O2S. The molecule has 1 aliphatic heterocycles. The van der Waals surface area contributed by atoms with Crippen LogP contribution in [0.15, 0.2) is 78.2 Å². The Morgan fingerprint density at radius 3 is 2.51 bits per heavy atom. The van der Waals surface area contributed by atoms with E-state index in [0.29, 0.717) is 35.1 Å². The highest BCUT2D eigenvalue weighted by molar-refractivity contribution is 7.10. The molecule has 0 spiro atoms. The van der Waals surface area contributed by atoms with Gasteiger partial charge in [0, 0.05) is 46.6 Å². The number of aromatic nitrogens is 1. The molecule has 1 unspecified atom stereocenters. The lowest BCUT2D eigenvalue weighted by molar-refractivity contribution is -0.136. The molecule has 1 saturated heterocycles. The minimum absolute atomic E-state index is 0.0664. The second-order valence-corrected chi connectivity index (χ2v) is 11.2. The van der Waals surface area contributed by atoms with Crippen LogP contribution < -0.4 is 5.32 Å². The Morgan fingerprint density at radius 1 is 1.08 bits per heavy atom. The highest BCUT2D eigenvalue weighted by Crippen LogP contribution is 2.33. The highest BCUT2D eigenvalue weighted by atomic mass is 35.5. The van der Waals surface area contributed by atoms with Crippen LogP contribution in [-0.2, 0) is 11.2 Å². The van der Waals surface area contributed by atoms with E-state index >= 15 is 0 Å². The number of piperidine rings is 1. The van der Waals surface area contributed by atoms with Gasteiger partial charge in [0.05, 0.1) is 5.01 Å². The third-order valence-corrected chi connectivity index (χ3v) is 8.36. The zero-order valence-corrected chi connectivity index (χ0v) is 23.1. The van der Waals surface area contributed by atoms with Crippen molar-refractivity contribution in [3.63, 3.8) is 0 Å². The molecule has 1 aromatic heterocycles. The van der Waals surface area contributed by atoms with Crippen LogP contribution in [0.25, 0.3) is 11.1 Å². The molecule has 0 bridgehead atoms. The monoisotopic (exact) mass is 561 g/mol. The molecule has 0 saturated carbocycles. The van der Waals surface area contributed by atoms with Crippen LogP contribution in [0.5, 0.6) is 0 Å². The number of benzene rings is 3. The fourth-order valence-electron chi connectivity index (χ4n) is 4.97. The number of thiazole rings is 1. The summed E-state index contributed by atoms with van der Waals surface area (Å²) in [5.41, 5.74) is 3.30. The van der Waals surface area contributed by atoms with E-state index in [0.717, 1.165) is 29.8 Å². The maximum atomic E-state index is 14.0. The van der Waals surface area contributed by atoms with Crippen LogP contribution in [0.4, 0.5) is 10.1 Å². The van der Waals surface area contributed by atoms with Gasteiger partial charge < -0.3 is 10.2 Å². The van der Waals surface area contributed by atoms with Crippen LogP contribution in [0.2, 0.25) is 5.02 Å². The second-order valence-electron chi connectivity index (χ2n) is 9.91. The number of anilines is 1. The van der Waals surface area contributed by atoms with E-state index in [1.807, 2.05) is 30.0 Å². The van der Waals surface area contributed by atoms with Crippen LogP contribution in [0, 0.1) is 11.7 Å². The Bertz CT molecular complexity index is 1450. The average molecular weight is 562 g/mol. The topological polar surface area (TPSA) is 62.3 Å². The summed E-state index contributed by atoms with van der Waals surface area (Å²) in [5.74, 6) is -0.411. The molecule has 4 aromatic rings. The third kappa shape index (κ3) is 6.54. The van der Waals surface area contributed by atoms with Gasteiger partial charge in [-0.2, -0.15) is 0 Å². The van der Waals surface area contributed by atoms with Crippen LogP contribution in [0.3, 0.4) is 0 Å². The number of nitrogens with one attached hydrogen (secondary N) is 1. The molecule has 1 fully saturated rings. The van der Waals surface area contributed by atoms with E-state index in [2.05, 4.69) is 22.4 Å². The lowest BCUT2D eigenvalue weighted by atomic mass is 9.94. The molecule has 0 radical (unpaired) electrons. The molecule has 1 atom stereocenters. The summed E-state index contributed by atoms with van der Waals surface area (Å²) < 4.78 is 14.0. The first-order chi connectivity index (χ1) is 18.9. The van der Waals surface area contributed by atoms with Crippen molar-refractivity contribution in [3.05, 3.63) is 105 Å². The Kier molecular flexibility index (Phi) is 8.38. The number of carbonyl (C=O) groups excluding carboxylic acids is 2. The SMILES string of the molecule is CC(Cc1ccccc1)C(=O)N1CCC(c2nc(C(=O)Nc3ccc(F)cc3-c3ccc(Cl)cc3)cs2)CC1. The van der Waals surface area contributed by atoms with Crippen molar-refractivity contribution in [2.24, 2.45) is 5.92 Å². The van der Waals surface area contributed by atoms with Gasteiger partial charge in [0.25, 0.3) is 5.91 Å². The van der Waals surface area contributed by atoms with Crippen LogP contribution in [-0.4, -0.2) is 34.8 Å².